The third kappa shape index (κ3) is 4.30. The first-order chi connectivity index (χ1) is 9.28. The normalized spacial score (nSPS) is 13.9. The molecule has 0 amide bonds. The van der Waals surface area contributed by atoms with Crippen LogP contribution >= 0.6 is 0 Å². The largest absolute Gasteiger partial charge is 0.314 e. The van der Waals surface area contributed by atoms with Crippen LogP contribution in [0, 0.1) is 5.92 Å². The van der Waals surface area contributed by atoms with Crippen LogP contribution in [0.5, 0.6) is 0 Å². The van der Waals surface area contributed by atoms with Gasteiger partial charge in [0.05, 0.1) is 4.90 Å². The summed E-state index contributed by atoms with van der Waals surface area (Å²) in [4.78, 5) is 0.343. The second kappa shape index (κ2) is 7.20. The molecule has 0 aliphatic rings. The second-order valence-corrected chi connectivity index (χ2v) is 7.70. The van der Waals surface area contributed by atoms with E-state index in [2.05, 4.69) is 26.1 Å². The summed E-state index contributed by atoms with van der Waals surface area (Å²) in [7, 11) is -0.241. The van der Waals surface area contributed by atoms with Gasteiger partial charge in [-0.15, -0.1) is 0 Å². The van der Waals surface area contributed by atoms with Crippen molar-refractivity contribution >= 4 is 10.0 Å². The summed E-state index contributed by atoms with van der Waals surface area (Å²) in [6.45, 7) is 7.43. The Morgan fingerprint density at radius 2 is 1.70 bits per heavy atom. The maximum atomic E-state index is 12.0. The molecule has 114 valence electrons. The Kier molecular flexibility index (Phi) is 6.17. The summed E-state index contributed by atoms with van der Waals surface area (Å²) in [6, 6.07) is 7.60. The molecule has 4 nitrogen and oxygen atoms in total. The first-order valence-corrected chi connectivity index (χ1v) is 8.48. The zero-order valence-electron chi connectivity index (χ0n) is 13.1. The lowest BCUT2D eigenvalue weighted by Crippen LogP contribution is -2.35. The summed E-state index contributed by atoms with van der Waals surface area (Å²) >= 11 is 0. The molecule has 5 heteroatoms. The molecular formula is C15H26N2O2S. The quantitative estimate of drug-likeness (QED) is 0.839. The van der Waals surface area contributed by atoms with Gasteiger partial charge in [0.2, 0.25) is 10.0 Å². The van der Waals surface area contributed by atoms with Crippen LogP contribution in [0.25, 0.3) is 0 Å². The molecular weight excluding hydrogens is 272 g/mol. The van der Waals surface area contributed by atoms with Gasteiger partial charge in [-0.2, -0.15) is 0 Å². The van der Waals surface area contributed by atoms with Crippen molar-refractivity contribution in [3.05, 3.63) is 29.8 Å². The third-order valence-electron chi connectivity index (χ3n) is 3.43. The summed E-state index contributed by atoms with van der Waals surface area (Å²) < 4.78 is 25.2. The lowest BCUT2D eigenvalue weighted by atomic mass is 9.96. The van der Waals surface area contributed by atoms with Crippen LogP contribution in [0.4, 0.5) is 0 Å². The van der Waals surface area contributed by atoms with E-state index < -0.39 is 10.0 Å². The number of hydrogen-bond acceptors (Lipinski definition) is 3. The Balaban J connectivity index is 2.86. The molecule has 1 unspecified atom stereocenters. The Labute approximate surface area is 123 Å². The highest BCUT2D eigenvalue weighted by molar-refractivity contribution is 7.89. The van der Waals surface area contributed by atoms with Crippen molar-refractivity contribution in [1.82, 2.24) is 9.62 Å². The minimum Gasteiger partial charge on any atom is -0.314 e. The lowest BCUT2D eigenvalue weighted by Gasteiger charge is -2.22. The molecule has 0 aromatic heterocycles. The SMILES string of the molecule is CCNC(Cc1ccc(S(=O)(=O)N(C)C)cc1)C(C)C. The average molecular weight is 298 g/mol. The summed E-state index contributed by atoms with van der Waals surface area (Å²) in [5, 5.41) is 3.47. The van der Waals surface area contributed by atoms with Gasteiger partial charge >= 0.3 is 0 Å². The van der Waals surface area contributed by atoms with Crippen molar-refractivity contribution in [2.45, 2.75) is 38.1 Å². The van der Waals surface area contributed by atoms with Gasteiger partial charge in [0.1, 0.15) is 0 Å². The molecule has 0 aliphatic carbocycles. The third-order valence-corrected chi connectivity index (χ3v) is 5.26. The molecule has 0 spiro atoms. The fourth-order valence-corrected chi connectivity index (χ4v) is 2.97. The standard InChI is InChI=1S/C15H26N2O2S/c1-6-16-15(12(2)3)11-13-7-9-14(10-8-13)20(18,19)17(4)5/h7-10,12,15-16H,6,11H2,1-5H3. The van der Waals surface area contributed by atoms with Crippen LogP contribution in [-0.4, -0.2) is 39.4 Å². The Hall–Kier alpha value is -0.910. The van der Waals surface area contributed by atoms with Crippen LogP contribution in [0.2, 0.25) is 0 Å². The molecule has 0 aliphatic heterocycles. The number of nitrogens with zero attached hydrogens (tertiary/aromatic N) is 1. The van der Waals surface area contributed by atoms with Crippen LogP contribution in [-0.2, 0) is 16.4 Å². The van der Waals surface area contributed by atoms with E-state index in [9.17, 15) is 8.42 Å². The maximum absolute atomic E-state index is 12.0. The predicted molar refractivity (Wildman–Crippen MR) is 83.3 cm³/mol. The summed E-state index contributed by atoms with van der Waals surface area (Å²) in [6.07, 6.45) is 0.911. The maximum Gasteiger partial charge on any atom is 0.242 e. The number of hydrogen-bond donors (Lipinski definition) is 1. The highest BCUT2D eigenvalue weighted by Gasteiger charge is 2.17. The van der Waals surface area contributed by atoms with E-state index >= 15 is 0 Å². The van der Waals surface area contributed by atoms with E-state index in [0.717, 1.165) is 18.5 Å². The van der Waals surface area contributed by atoms with Crippen LogP contribution in [0.15, 0.2) is 29.2 Å². The number of benzene rings is 1. The topological polar surface area (TPSA) is 49.4 Å². The Morgan fingerprint density at radius 1 is 1.15 bits per heavy atom. The fraction of sp³-hybridized carbons (Fsp3) is 0.600. The predicted octanol–water partition coefficient (Wildman–Crippen LogP) is 2.11. The smallest absolute Gasteiger partial charge is 0.242 e. The molecule has 0 radical (unpaired) electrons. The first kappa shape index (κ1) is 17.1. The molecule has 0 fully saturated rings. The number of sulfonamides is 1. The minimum atomic E-state index is -3.33. The molecule has 20 heavy (non-hydrogen) atoms. The highest BCUT2D eigenvalue weighted by Crippen LogP contribution is 2.16. The van der Waals surface area contributed by atoms with E-state index in [1.807, 2.05) is 12.1 Å². The summed E-state index contributed by atoms with van der Waals surface area (Å²) in [5.41, 5.74) is 1.15. The van der Waals surface area contributed by atoms with Crippen LogP contribution in [0.1, 0.15) is 26.3 Å². The average Bonchev–Trinajstić information content (AvgIpc) is 2.38. The number of nitrogens with one attached hydrogen (secondary N) is 1. The van der Waals surface area contributed by atoms with Gasteiger partial charge in [-0.25, -0.2) is 12.7 Å². The van der Waals surface area contributed by atoms with E-state index in [1.165, 1.54) is 4.31 Å². The zero-order valence-corrected chi connectivity index (χ0v) is 13.9. The van der Waals surface area contributed by atoms with Crippen molar-refractivity contribution < 1.29 is 8.42 Å². The Bertz CT molecular complexity index is 507. The monoisotopic (exact) mass is 298 g/mol. The van der Waals surface area contributed by atoms with Gasteiger partial charge in [-0.1, -0.05) is 32.9 Å². The molecule has 1 aromatic rings. The van der Waals surface area contributed by atoms with Crippen molar-refractivity contribution in [2.75, 3.05) is 20.6 Å². The second-order valence-electron chi connectivity index (χ2n) is 5.54. The molecule has 1 rings (SSSR count). The highest BCUT2D eigenvalue weighted by atomic mass is 32.2. The van der Waals surface area contributed by atoms with Gasteiger partial charge < -0.3 is 5.32 Å². The van der Waals surface area contributed by atoms with Crippen molar-refractivity contribution in [3.63, 3.8) is 0 Å². The number of rotatable bonds is 7. The van der Waals surface area contributed by atoms with E-state index in [-0.39, 0.29) is 0 Å². The molecule has 1 N–H and O–H groups in total. The van der Waals surface area contributed by atoms with Gasteiger partial charge in [-0.05, 0) is 36.6 Å². The van der Waals surface area contributed by atoms with Crippen molar-refractivity contribution in [3.8, 4) is 0 Å². The Morgan fingerprint density at radius 3 is 2.10 bits per heavy atom. The summed E-state index contributed by atoms with van der Waals surface area (Å²) in [5.74, 6) is 0.542. The lowest BCUT2D eigenvalue weighted by molar-refractivity contribution is 0.405. The van der Waals surface area contributed by atoms with Crippen LogP contribution < -0.4 is 5.32 Å². The van der Waals surface area contributed by atoms with Crippen LogP contribution in [0.3, 0.4) is 0 Å². The van der Waals surface area contributed by atoms with Gasteiger partial charge in [-0.3, -0.25) is 0 Å². The molecule has 1 atom stereocenters. The fourth-order valence-electron chi connectivity index (χ4n) is 2.07. The molecule has 1 aromatic carbocycles. The number of likely N-dealkylation sites (N-methyl/N-ethyl adjacent to an activating group) is 1. The molecule has 0 saturated heterocycles. The first-order valence-electron chi connectivity index (χ1n) is 7.03. The van der Waals surface area contributed by atoms with Gasteiger partial charge in [0.25, 0.3) is 0 Å². The zero-order chi connectivity index (χ0) is 15.3. The van der Waals surface area contributed by atoms with E-state index in [0.29, 0.717) is 16.9 Å². The minimum absolute atomic E-state index is 0.343. The van der Waals surface area contributed by atoms with Crippen molar-refractivity contribution in [2.24, 2.45) is 5.92 Å². The van der Waals surface area contributed by atoms with Gasteiger partial charge in [0, 0.05) is 20.1 Å². The molecule has 0 bridgehead atoms. The van der Waals surface area contributed by atoms with E-state index in [1.54, 1.807) is 26.2 Å². The van der Waals surface area contributed by atoms with E-state index in [4.69, 9.17) is 0 Å². The van der Waals surface area contributed by atoms with Gasteiger partial charge in [0.15, 0.2) is 0 Å². The van der Waals surface area contributed by atoms with Crippen molar-refractivity contribution in [1.29, 1.82) is 0 Å². The molecule has 0 saturated carbocycles. The molecule has 0 heterocycles.